The number of carbonyl (C=O) groups excluding carboxylic acids is 2. The Morgan fingerprint density at radius 1 is 1.23 bits per heavy atom. The summed E-state index contributed by atoms with van der Waals surface area (Å²) in [5.74, 6) is 0.621. The summed E-state index contributed by atoms with van der Waals surface area (Å²) < 4.78 is 10.1. The molecule has 0 N–H and O–H groups in total. The van der Waals surface area contributed by atoms with Crippen LogP contribution >= 0.6 is 0 Å². The highest BCUT2D eigenvalue weighted by atomic mass is 16.6. The molecule has 1 fully saturated rings. The van der Waals surface area contributed by atoms with Gasteiger partial charge in [-0.1, -0.05) is 24.3 Å². The van der Waals surface area contributed by atoms with Gasteiger partial charge >= 0.3 is 0 Å². The highest BCUT2D eigenvalue weighted by Crippen LogP contribution is 2.25. The minimum absolute atomic E-state index is 0.0332. The SMILES string of the molecule is COc1ccccc1CN1C[C@H](C(=O)N(C)Cc2ccc3nonc3c2)CCC1=O. The summed E-state index contributed by atoms with van der Waals surface area (Å²) in [4.78, 5) is 29.0. The predicted molar refractivity (Wildman–Crippen MR) is 109 cm³/mol. The minimum atomic E-state index is -0.222. The normalized spacial score (nSPS) is 16.7. The van der Waals surface area contributed by atoms with E-state index in [1.54, 1.807) is 24.0 Å². The summed E-state index contributed by atoms with van der Waals surface area (Å²) >= 11 is 0. The van der Waals surface area contributed by atoms with E-state index >= 15 is 0 Å². The van der Waals surface area contributed by atoms with E-state index in [-0.39, 0.29) is 17.7 Å². The minimum Gasteiger partial charge on any atom is -0.496 e. The second-order valence-electron chi connectivity index (χ2n) is 7.60. The van der Waals surface area contributed by atoms with Crippen molar-refractivity contribution in [3.63, 3.8) is 0 Å². The summed E-state index contributed by atoms with van der Waals surface area (Å²) in [6, 6.07) is 13.2. The number of methoxy groups -OCH3 is 1. The maximum atomic E-state index is 13.1. The van der Waals surface area contributed by atoms with E-state index in [4.69, 9.17) is 9.37 Å². The Bertz CT molecular complexity index is 1060. The number of carbonyl (C=O) groups is 2. The molecule has 1 atom stereocenters. The molecule has 1 saturated heterocycles. The standard InChI is InChI=1S/C22H24N4O4/c1-25(12-15-7-9-18-19(11-15)24-30-23-18)22(28)17-8-10-21(27)26(14-17)13-16-5-3-4-6-20(16)29-2/h3-7,9,11,17H,8,10,12-14H2,1-2H3/t17-/m1/s1. The third kappa shape index (κ3) is 4.12. The molecule has 8 heteroatoms. The van der Waals surface area contributed by atoms with Gasteiger partial charge in [0, 0.05) is 38.7 Å². The Hall–Kier alpha value is -3.42. The number of piperidine rings is 1. The Labute approximate surface area is 174 Å². The van der Waals surface area contributed by atoms with Crippen LogP contribution in [0, 0.1) is 5.92 Å². The van der Waals surface area contributed by atoms with Crippen LogP contribution in [0.2, 0.25) is 0 Å². The topological polar surface area (TPSA) is 88.8 Å². The van der Waals surface area contributed by atoms with Crippen LogP contribution in [0.3, 0.4) is 0 Å². The molecule has 8 nitrogen and oxygen atoms in total. The fraction of sp³-hybridized carbons (Fsp3) is 0.364. The molecule has 30 heavy (non-hydrogen) atoms. The number of nitrogens with zero attached hydrogens (tertiary/aromatic N) is 4. The van der Waals surface area contributed by atoms with Crippen LogP contribution in [0.15, 0.2) is 47.1 Å². The zero-order valence-corrected chi connectivity index (χ0v) is 17.1. The van der Waals surface area contributed by atoms with Gasteiger partial charge in [0.2, 0.25) is 11.8 Å². The van der Waals surface area contributed by atoms with Gasteiger partial charge in [0.05, 0.1) is 13.0 Å². The first-order chi connectivity index (χ1) is 14.5. The van der Waals surface area contributed by atoms with Crippen molar-refractivity contribution in [2.45, 2.75) is 25.9 Å². The molecule has 1 aliphatic rings. The second kappa shape index (κ2) is 8.52. The molecule has 0 bridgehead atoms. The molecule has 2 amide bonds. The van der Waals surface area contributed by atoms with Gasteiger partial charge in [0.25, 0.3) is 0 Å². The Balaban J connectivity index is 1.42. The number of likely N-dealkylation sites (tertiary alicyclic amines) is 1. The Morgan fingerprint density at radius 3 is 2.87 bits per heavy atom. The Kier molecular flexibility index (Phi) is 5.65. The summed E-state index contributed by atoms with van der Waals surface area (Å²) in [5.41, 5.74) is 3.24. The van der Waals surface area contributed by atoms with E-state index in [0.717, 1.165) is 16.9 Å². The summed E-state index contributed by atoms with van der Waals surface area (Å²) in [5, 5.41) is 7.65. The van der Waals surface area contributed by atoms with Crippen molar-refractivity contribution in [2.24, 2.45) is 5.92 Å². The van der Waals surface area contributed by atoms with Gasteiger partial charge in [-0.25, -0.2) is 4.63 Å². The number of rotatable bonds is 6. The van der Waals surface area contributed by atoms with Crippen LogP contribution in [0.5, 0.6) is 5.75 Å². The largest absolute Gasteiger partial charge is 0.496 e. The molecule has 1 aliphatic heterocycles. The van der Waals surface area contributed by atoms with Crippen molar-refractivity contribution in [3.8, 4) is 5.75 Å². The van der Waals surface area contributed by atoms with Crippen molar-refractivity contribution < 1.29 is 19.0 Å². The third-order valence-corrected chi connectivity index (χ3v) is 5.52. The fourth-order valence-electron chi connectivity index (χ4n) is 3.90. The molecule has 0 radical (unpaired) electrons. The van der Waals surface area contributed by atoms with Gasteiger partial charge in [0.1, 0.15) is 16.8 Å². The lowest BCUT2D eigenvalue weighted by atomic mass is 9.95. The number of hydrogen-bond donors (Lipinski definition) is 0. The van der Waals surface area contributed by atoms with Gasteiger partial charge in [-0.05, 0) is 40.5 Å². The van der Waals surface area contributed by atoms with Crippen molar-refractivity contribution >= 4 is 22.8 Å². The zero-order valence-electron chi connectivity index (χ0n) is 17.1. The van der Waals surface area contributed by atoms with E-state index in [1.165, 1.54) is 0 Å². The van der Waals surface area contributed by atoms with Gasteiger partial charge in [0.15, 0.2) is 0 Å². The van der Waals surface area contributed by atoms with Crippen LogP contribution in [0.1, 0.15) is 24.0 Å². The second-order valence-corrected chi connectivity index (χ2v) is 7.60. The smallest absolute Gasteiger partial charge is 0.227 e. The van der Waals surface area contributed by atoms with E-state index in [9.17, 15) is 9.59 Å². The van der Waals surface area contributed by atoms with Crippen molar-refractivity contribution in [1.82, 2.24) is 20.1 Å². The summed E-state index contributed by atoms with van der Waals surface area (Å²) in [6.45, 7) is 1.30. The number of benzene rings is 2. The lowest BCUT2D eigenvalue weighted by molar-refractivity contribution is -0.143. The number of fused-ring (bicyclic) bond motifs is 1. The van der Waals surface area contributed by atoms with Gasteiger partial charge in [-0.3, -0.25) is 9.59 Å². The molecule has 156 valence electrons. The third-order valence-electron chi connectivity index (χ3n) is 5.52. The molecular weight excluding hydrogens is 384 g/mol. The molecule has 3 aromatic rings. The molecule has 0 spiro atoms. The zero-order chi connectivity index (χ0) is 21.1. The Morgan fingerprint density at radius 2 is 2.03 bits per heavy atom. The van der Waals surface area contributed by atoms with Crippen LogP contribution in [0.25, 0.3) is 11.0 Å². The molecule has 0 saturated carbocycles. The van der Waals surface area contributed by atoms with Gasteiger partial charge in [-0.15, -0.1) is 0 Å². The van der Waals surface area contributed by atoms with Crippen LogP contribution in [0.4, 0.5) is 0 Å². The fourth-order valence-corrected chi connectivity index (χ4v) is 3.90. The van der Waals surface area contributed by atoms with Crippen molar-refractivity contribution in [3.05, 3.63) is 53.6 Å². The average Bonchev–Trinajstić information content (AvgIpc) is 3.23. The first-order valence-electron chi connectivity index (χ1n) is 9.91. The first kappa shape index (κ1) is 19.9. The van der Waals surface area contributed by atoms with Crippen molar-refractivity contribution in [1.29, 1.82) is 0 Å². The molecule has 1 aromatic heterocycles. The number of ether oxygens (including phenoxy) is 1. The van der Waals surface area contributed by atoms with Crippen LogP contribution < -0.4 is 4.74 Å². The highest BCUT2D eigenvalue weighted by molar-refractivity contribution is 5.84. The van der Waals surface area contributed by atoms with Gasteiger partial charge < -0.3 is 14.5 Å². The van der Waals surface area contributed by atoms with Gasteiger partial charge in [-0.2, -0.15) is 0 Å². The molecule has 4 rings (SSSR count). The lowest BCUT2D eigenvalue weighted by Gasteiger charge is -2.34. The summed E-state index contributed by atoms with van der Waals surface area (Å²) in [6.07, 6.45) is 0.937. The molecular formula is C22H24N4O4. The summed E-state index contributed by atoms with van der Waals surface area (Å²) in [7, 11) is 3.40. The lowest BCUT2D eigenvalue weighted by Crippen LogP contribution is -2.45. The predicted octanol–water partition coefficient (Wildman–Crippen LogP) is 2.63. The quantitative estimate of drug-likeness (QED) is 0.623. The van der Waals surface area contributed by atoms with E-state index in [2.05, 4.69) is 10.3 Å². The average molecular weight is 408 g/mol. The van der Waals surface area contributed by atoms with E-state index < -0.39 is 0 Å². The first-order valence-corrected chi connectivity index (χ1v) is 9.91. The molecule has 0 unspecified atom stereocenters. The number of aromatic nitrogens is 2. The molecule has 0 aliphatic carbocycles. The maximum Gasteiger partial charge on any atom is 0.227 e. The molecule has 2 aromatic carbocycles. The highest BCUT2D eigenvalue weighted by Gasteiger charge is 2.32. The maximum absolute atomic E-state index is 13.1. The van der Waals surface area contributed by atoms with E-state index in [0.29, 0.717) is 43.5 Å². The number of hydrogen-bond acceptors (Lipinski definition) is 6. The molecule has 2 heterocycles. The monoisotopic (exact) mass is 408 g/mol. The number of para-hydroxylation sites is 1. The van der Waals surface area contributed by atoms with Crippen LogP contribution in [-0.2, 0) is 22.7 Å². The number of amides is 2. The van der Waals surface area contributed by atoms with Crippen LogP contribution in [-0.4, -0.2) is 52.6 Å². The van der Waals surface area contributed by atoms with Crippen molar-refractivity contribution in [2.75, 3.05) is 20.7 Å². The van der Waals surface area contributed by atoms with E-state index in [1.807, 2.05) is 42.5 Å².